The predicted octanol–water partition coefficient (Wildman–Crippen LogP) is 0.301. The van der Waals surface area contributed by atoms with E-state index in [4.69, 9.17) is 4.74 Å². The zero-order chi connectivity index (χ0) is 22.4. The minimum absolute atomic E-state index is 0.0129. The third-order valence-corrected chi connectivity index (χ3v) is 6.82. The molecule has 0 unspecified atom stereocenters. The lowest BCUT2D eigenvalue weighted by molar-refractivity contribution is -0.129. The quantitative estimate of drug-likeness (QED) is 0.586. The van der Waals surface area contributed by atoms with E-state index in [1.165, 1.54) is 4.31 Å². The number of rotatable bonds is 7. The third kappa shape index (κ3) is 6.12. The molecule has 10 nitrogen and oxygen atoms in total. The van der Waals surface area contributed by atoms with Crippen molar-refractivity contribution in [3.63, 3.8) is 0 Å². The average molecular weight is 450 g/mol. The van der Waals surface area contributed by atoms with E-state index < -0.39 is 10.0 Å². The number of amides is 2. The summed E-state index contributed by atoms with van der Waals surface area (Å²) in [4.78, 5) is 24.2. The summed E-state index contributed by atoms with van der Waals surface area (Å²) in [6, 6.07) is 8.36. The smallest absolute Gasteiger partial charge is 0.260 e. The highest BCUT2D eigenvalue weighted by Gasteiger charge is 2.26. The number of hydrazine groups is 1. The van der Waals surface area contributed by atoms with Gasteiger partial charge in [-0.25, -0.2) is 8.42 Å². The number of benzene rings is 1. The van der Waals surface area contributed by atoms with Crippen molar-refractivity contribution >= 4 is 21.8 Å². The lowest BCUT2D eigenvalue weighted by Gasteiger charge is -2.26. The Morgan fingerprint density at radius 3 is 2.32 bits per heavy atom. The molecule has 168 valence electrons. The summed E-state index contributed by atoms with van der Waals surface area (Å²) in [5, 5.41) is 4.20. The lowest BCUT2D eigenvalue weighted by Crippen LogP contribution is -2.43. The zero-order valence-corrected chi connectivity index (χ0v) is 18.4. The maximum atomic E-state index is 12.6. The van der Waals surface area contributed by atoms with Crippen LogP contribution < -0.4 is 10.9 Å². The summed E-state index contributed by atoms with van der Waals surface area (Å²) in [5.41, 5.74) is 7.26. The van der Waals surface area contributed by atoms with Crippen LogP contribution >= 0.6 is 0 Å². The van der Waals surface area contributed by atoms with Gasteiger partial charge in [-0.15, -0.1) is 0 Å². The lowest BCUT2D eigenvalue weighted by atomic mass is 10.1. The van der Waals surface area contributed by atoms with E-state index in [1.54, 1.807) is 28.9 Å². The molecule has 1 aromatic carbocycles. The number of aryl methyl sites for hydroxylation is 3. The van der Waals surface area contributed by atoms with Gasteiger partial charge in [-0.2, -0.15) is 9.40 Å². The molecule has 0 saturated carbocycles. The predicted molar refractivity (Wildman–Crippen MR) is 112 cm³/mol. The number of morpholine rings is 1. The highest BCUT2D eigenvalue weighted by Crippen LogP contribution is 2.18. The molecule has 1 aromatic heterocycles. The Hall–Kier alpha value is -2.76. The molecule has 11 heteroatoms. The van der Waals surface area contributed by atoms with Crippen LogP contribution in [0.1, 0.15) is 23.4 Å². The molecule has 2 aromatic rings. The van der Waals surface area contributed by atoms with Gasteiger partial charge in [-0.1, -0.05) is 12.1 Å². The second-order valence-corrected chi connectivity index (χ2v) is 9.28. The van der Waals surface area contributed by atoms with E-state index in [1.807, 2.05) is 19.9 Å². The molecule has 2 heterocycles. The van der Waals surface area contributed by atoms with Crippen molar-refractivity contribution in [3.8, 4) is 0 Å². The largest absolute Gasteiger partial charge is 0.379 e. The first-order chi connectivity index (χ1) is 14.8. The number of carbonyl (C=O) groups is 2. The topological polar surface area (TPSA) is 123 Å². The Morgan fingerprint density at radius 2 is 1.71 bits per heavy atom. The molecule has 1 saturated heterocycles. The fraction of sp³-hybridized carbons (Fsp3) is 0.450. The van der Waals surface area contributed by atoms with Crippen molar-refractivity contribution in [1.29, 1.82) is 0 Å². The maximum Gasteiger partial charge on any atom is 0.260 e. The minimum Gasteiger partial charge on any atom is -0.379 e. The summed E-state index contributed by atoms with van der Waals surface area (Å²) >= 11 is 0. The maximum absolute atomic E-state index is 12.6. The fourth-order valence-corrected chi connectivity index (χ4v) is 4.64. The molecule has 1 aliphatic heterocycles. The van der Waals surface area contributed by atoms with Crippen LogP contribution in [0, 0.1) is 13.8 Å². The fourth-order valence-electron chi connectivity index (χ4n) is 3.23. The summed E-state index contributed by atoms with van der Waals surface area (Å²) < 4.78 is 33.4. The minimum atomic E-state index is -3.54. The van der Waals surface area contributed by atoms with Crippen LogP contribution in [0.3, 0.4) is 0 Å². The molecule has 2 N–H and O–H groups in total. The molecule has 3 rings (SSSR count). The number of hydrogen-bond acceptors (Lipinski definition) is 6. The van der Waals surface area contributed by atoms with Crippen molar-refractivity contribution < 1.29 is 22.7 Å². The molecule has 0 aliphatic carbocycles. The highest BCUT2D eigenvalue weighted by molar-refractivity contribution is 7.89. The number of carbonyl (C=O) groups excluding carboxylic acids is 2. The van der Waals surface area contributed by atoms with Crippen LogP contribution in [-0.4, -0.2) is 60.6 Å². The van der Waals surface area contributed by atoms with E-state index in [2.05, 4.69) is 16.0 Å². The van der Waals surface area contributed by atoms with E-state index in [-0.39, 0.29) is 29.7 Å². The van der Waals surface area contributed by atoms with Gasteiger partial charge in [0.1, 0.15) is 6.54 Å². The molecule has 1 aliphatic rings. The highest BCUT2D eigenvalue weighted by atomic mass is 32.2. The third-order valence-electron chi connectivity index (χ3n) is 4.91. The first-order valence-corrected chi connectivity index (χ1v) is 11.5. The molecule has 0 spiro atoms. The van der Waals surface area contributed by atoms with E-state index in [0.29, 0.717) is 32.7 Å². The molecule has 2 amide bonds. The SMILES string of the molecule is Cc1cc(C)n(CC(=O)NNC(=O)CCc2ccc(S(=O)(=O)N3CCOCC3)cc2)n1. The van der Waals surface area contributed by atoms with Gasteiger partial charge in [0.25, 0.3) is 5.91 Å². The monoisotopic (exact) mass is 449 g/mol. The first-order valence-electron chi connectivity index (χ1n) is 10.0. The summed E-state index contributed by atoms with van der Waals surface area (Å²) in [5.74, 6) is -0.719. The van der Waals surface area contributed by atoms with Gasteiger partial charge in [0.2, 0.25) is 15.9 Å². The number of aromatic nitrogens is 2. The van der Waals surface area contributed by atoms with Gasteiger partial charge in [0.15, 0.2) is 0 Å². The Kier molecular flexibility index (Phi) is 7.42. The van der Waals surface area contributed by atoms with Gasteiger partial charge in [0, 0.05) is 25.2 Å². The summed E-state index contributed by atoms with van der Waals surface area (Å²) in [6.07, 6.45) is 0.562. The zero-order valence-electron chi connectivity index (χ0n) is 17.6. The number of hydrogen-bond donors (Lipinski definition) is 2. The van der Waals surface area contributed by atoms with Gasteiger partial charge in [0.05, 0.1) is 23.8 Å². The van der Waals surface area contributed by atoms with Crippen LogP contribution in [0.5, 0.6) is 0 Å². The Bertz CT molecular complexity index is 1030. The summed E-state index contributed by atoms with van der Waals surface area (Å²) in [6.45, 7) is 5.18. The van der Waals surface area contributed by atoms with Gasteiger partial charge >= 0.3 is 0 Å². The van der Waals surface area contributed by atoms with Gasteiger partial charge in [-0.3, -0.25) is 25.1 Å². The van der Waals surface area contributed by atoms with Crippen LogP contribution in [0.25, 0.3) is 0 Å². The molecule has 0 radical (unpaired) electrons. The van der Waals surface area contributed by atoms with Crippen molar-refractivity contribution in [3.05, 3.63) is 47.3 Å². The van der Waals surface area contributed by atoms with Crippen molar-refractivity contribution in [2.45, 2.75) is 38.1 Å². The molecule has 31 heavy (non-hydrogen) atoms. The van der Waals surface area contributed by atoms with Crippen molar-refractivity contribution in [2.24, 2.45) is 0 Å². The average Bonchev–Trinajstić information content (AvgIpc) is 3.08. The molecular weight excluding hydrogens is 422 g/mol. The Labute approximate surface area is 181 Å². The number of nitrogens with one attached hydrogen (secondary N) is 2. The Balaban J connectivity index is 1.44. The Morgan fingerprint density at radius 1 is 1.06 bits per heavy atom. The van der Waals surface area contributed by atoms with E-state index >= 15 is 0 Å². The van der Waals surface area contributed by atoms with Crippen LogP contribution in [0.2, 0.25) is 0 Å². The molecule has 0 bridgehead atoms. The molecule has 1 fully saturated rings. The number of nitrogens with zero attached hydrogens (tertiary/aromatic N) is 3. The molecule has 0 atom stereocenters. The van der Waals surface area contributed by atoms with Crippen LogP contribution in [0.4, 0.5) is 0 Å². The second-order valence-electron chi connectivity index (χ2n) is 7.34. The van der Waals surface area contributed by atoms with E-state index in [9.17, 15) is 18.0 Å². The van der Waals surface area contributed by atoms with Crippen LogP contribution in [0.15, 0.2) is 35.2 Å². The van der Waals surface area contributed by atoms with E-state index in [0.717, 1.165) is 17.0 Å². The normalized spacial score (nSPS) is 14.9. The summed E-state index contributed by atoms with van der Waals surface area (Å²) in [7, 11) is -3.54. The van der Waals surface area contributed by atoms with Crippen molar-refractivity contribution in [2.75, 3.05) is 26.3 Å². The first kappa shape index (κ1) is 22.9. The van der Waals surface area contributed by atoms with Crippen LogP contribution in [-0.2, 0) is 37.3 Å². The molecular formula is C20H27N5O5S. The van der Waals surface area contributed by atoms with Gasteiger partial charge in [-0.05, 0) is 44.0 Å². The standard InChI is InChI=1S/C20H27N5O5S/c1-15-13-16(2)25(23-15)14-20(27)22-21-19(26)8-5-17-3-6-18(7-4-17)31(28,29)24-9-11-30-12-10-24/h3-4,6-7,13H,5,8-12,14H2,1-2H3,(H,21,26)(H,22,27). The van der Waals surface area contributed by atoms with Crippen molar-refractivity contribution in [1.82, 2.24) is 24.9 Å². The van der Waals surface area contributed by atoms with Gasteiger partial charge < -0.3 is 4.74 Å². The number of sulfonamides is 1. The number of ether oxygens (including phenoxy) is 1. The second kappa shape index (κ2) is 10.0.